The monoisotopic (exact) mass is 411 g/mol. The maximum atomic E-state index is 5.89. The van der Waals surface area contributed by atoms with E-state index < -0.39 is 0 Å². The molecule has 0 fully saturated rings. The van der Waals surface area contributed by atoms with Gasteiger partial charge in [-0.25, -0.2) is 9.99 Å². The minimum atomic E-state index is 0.268. The van der Waals surface area contributed by atoms with E-state index in [0.717, 1.165) is 54.1 Å². The quantitative estimate of drug-likeness (QED) is 0.343. The number of fused-ring (bicyclic) bond motifs is 1. The van der Waals surface area contributed by atoms with Crippen LogP contribution in [-0.2, 0) is 0 Å². The molecular weight excluding hydrogens is 386 g/mol. The predicted molar refractivity (Wildman–Crippen MR) is 126 cm³/mol. The Labute approximate surface area is 181 Å². The highest BCUT2D eigenvalue weighted by molar-refractivity contribution is 5.96. The molecule has 31 heavy (non-hydrogen) atoms. The van der Waals surface area contributed by atoms with Crippen LogP contribution in [0.5, 0.6) is 0 Å². The Kier molecular flexibility index (Phi) is 5.24. The molecule has 0 atom stereocenters. The number of anilines is 2. The lowest BCUT2D eigenvalue weighted by Gasteiger charge is -2.16. The molecule has 5 N–H and O–H groups in total. The highest BCUT2D eigenvalue weighted by Gasteiger charge is 2.12. The maximum Gasteiger partial charge on any atom is 0.221 e. The van der Waals surface area contributed by atoms with E-state index in [1.54, 1.807) is 6.20 Å². The third kappa shape index (κ3) is 4.08. The highest BCUT2D eigenvalue weighted by atomic mass is 15.5. The van der Waals surface area contributed by atoms with Crippen LogP contribution in [0.1, 0.15) is 6.42 Å². The number of hydrazine groups is 1. The summed E-state index contributed by atoms with van der Waals surface area (Å²) in [6, 6.07) is 16.8. The summed E-state index contributed by atoms with van der Waals surface area (Å²) in [5.74, 6) is 1.03. The third-order valence-corrected chi connectivity index (χ3v) is 5.48. The van der Waals surface area contributed by atoms with Crippen molar-refractivity contribution in [3.8, 4) is 22.3 Å². The SMILES string of the molecule is Nc1ncc(-c2cccc(-c3c[nH]c4ccccc34)c2)c(NCCCN2CC=CN2)n1. The first-order valence-corrected chi connectivity index (χ1v) is 10.5. The van der Waals surface area contributed by atoms with Crippen molar-refractivity contribution in [3.05, 3.63) is 73.2 Å². The topological polar surface area (TPSA) is 94.9 Å². The van der Waals surface area contributed by atoms with Crippen molar-refractivity contribution in [2.24, 2.45) is 0 Å². The van der Waals surface area contributed by atoms with E-state index in [-0.39, 0.29) is 5.95 Å². The minimum absolute atomic E-state index is 0.268. The van der Waals surface area contributed by atoms with Crippen molar-refractivity contribution in [1.29, 1.82) is 0 Å². The summed E-state index contributed by atoms with van der Waals surface area (Å²) in [6.45, 7) is 2.68. The Hall–Kier alpha value is -3.84. The molecule has 0 amide bonds. The van der Waals surface area contributed by atoms with Crippen LogP contribution in [0.25, 0.3) is 33.2 Å². The van der Waals surface area contributed by atoms with Crippen LogP contribution >= 0.6 is 0 Å². The van der Waals surface area contributed by atoms with Crippen molar-refractivity contribution in [1.82, 2.24) is 25.4 Å². The fourth-order valence-corrected chi connectivity index (χ4v) is 3.93. The van der Waals surface area contributed by atoms with Gasteiger partial charge in [-0.1, -0.05) is 42.5 Å². The van der Waals surface area contributed by atoms with Crippen LogP contribution in [0.4, 0.5) is 11.8 Å². The molecule has 0 radical (unpaired) electrons. The molecule has 2 aromatic heterocycles. The number of hydrogen-bond donors (Lipinski definition) is 4. The lowest BCUT2D eigenvalue weighted by Crippen LogP contribution is -2.31. The molecule has 0 unspecified atom stereocenters. The van der Waals surface area contributed by atoms with E-state index in [1.807, 2.05) is 12.3 Å². The average molecular weight is 412 g/mol. The number of hydrogen-bond acceptors (Lipinski definition) is 6. The largest absolute Gasteiger partial charge is 0.369 e. The van der Waals surface area contributed by atoms with Gasteiger partial charge in [0.1, 0.15) is 5.82 Å². The lowest BCUT2D eigenvalue weighted by atomic mass is 9.99. The molecular formula is C24H25N7. The number of nitrogens with two attached hydrogens (primary N) is 1. The van der Waals surface area contributed by atoms with Crippen molar-refractivity contribution in [2.45, 2.75) is 6.42 Å². The molecule has 7 heteroatoms. The number of H-pyrrole nitrogens is 1. The van der Waals surface area contributed by atoms with Crippen LogP contribution in [-0.4, -0.2) is 39.6 Å². The number of aromatic nitrogens is 3. The smallest absolute Gasteiger partial charge is 0.221 e. The number of nitrogens with one attached hydrogen (secondary N) is 3. The van der Waals surface area contributed by atoms with Gasteiger partial charge >= 0.3 is 0 Å². The molecule has 1 aliphatic rings. The summed E-state index contributed by atoms with van der Waals surface area (Å²) in [4.78, 5) is 12.1. The van der Waals surface area contributed by atoms with E-state index in [2.05, 4.69) is 85.4 Å². The number of nitrogens with zero attached hydrogens (tertiary/aromatic N) is 3. The fourth-order valence-electron chi connectivity index (χ4n) is 3.93. The fraction of sp³-hybridized carbons (Fsp3) is 0.167. The molecule has 7 nitrogen and oxygen atoms in total. The number of benzene rings is 2. The molecule has 1 aliphatic heterocycles. The van der Waals surface area contributed by atoms with Crippen LogP contribution in [0.15, 0.2) is 73.2 Å². The summed E-state index contributed by atoms with van der Waals surface area (Å²) in [5.41, 5.74) is 14.5. The van der Waals surface area contributed by atoms with Crippen LogP contribution in [0.3, 0.4) is 0 Å². The summed E-state index contributed by atoms with van der Waals surface area (Å²) in [6.07, 6.45) is 8.91. The number of aromatic amines is 1. The van der Waals surface area contributed by atoms with E-state index >= 15 is 0 Å². The van der Waals surface area contributed by atoms with Gasteiger partial charge in [-0.3, -0.25) is 0 Å². The Morgan fingerprint density at radius 2 is 1.94 bits per heavy atom. The molecule has 0 spiro atoms. The third-order valence-electron chi connectivity index (χ3n) is 5.48. The molecule has 4 aromatic rings. The van der Waals surface area contributed by atoms with Crippen molar-refractivity contribution in [2.75, 3.05) is 30.7 Å². The summed E-state index contributed by atoms with van der Waals surface area (Å²) in [5, 5.41) is 6.82. The Bertz CT molecular complexity index is 1220. The second-order valence-electron chi connectivity index (χ2n) is 7.58. The Morgan fingerprint density at radius 3 is 2.81 bits per heavy atom. The van der Waals surface area contributed by atoms with Gasteiger partial charge in [0.15, 0.2) is 0 Å². The summed E-state index contributed by atoms with van der Waals surface area (Å²) in [7, 11) is 0. The molecule has 0 aliphatic carbocycles. The summed E-state index contributed by atoms with van der Waals surface area (Å²) < 4.78 is 0. The first-order chi connectivity index (χ1) is 15.3. The van der Waals surface area contributed by atoms with Gasteiger partial charge in [-0.15, -0.1) is 0 Å². The number of rotatable bonds is 7. The van der Waals surface area contributed by atoms with Gasteiger partial charge in [0, 0.05) is 60.3 Å². The summed E-state index contributed by atoms with van der Waals surface area (Å²) >= 11 is 0. The van der Waals surface area contributed by atoms with Crippen LogP contribution in [0, 0.1) is 0 Å². The Balaban J connectivity index is 1.39. The van der Waals surface area contributed by atoms with Crippen LogP contribution < -0.4 is 16.5 Å². The minimum Gasteiger partial charge on any atom is -0.369 e. The van der Waals surface area contributed by atoms with Crippen molar-refractivity contribution < 1.29 is 0 Å². The van der Waals surface area contributed by atoms with E-state index in [0.29, 0.717) is 0 Å². The molecule has 5 rings (SSSR count). The molecule has 0 bridgehead atoms. The van der Waals surface area contributed by atoms with E-state index in [9.17, 15) is 0 Å². The first kappa shape index (κ1) is 19.1. The van der Waals surface area contributed by atoms with Crippen molar-refractivity contribution >= 4 is 22.7 Å². The zero-order chi connectivity index (χ0) is 21.0. The Morgan fingerprint density at radius 1 is 1.06 bits per heavy atom. The number of nitrogen functional groups attached to an aromatic ring is 1. The standard InChI is InChI=1S/C24H25N7/c25-24-28-16-21(23(30-24)26-10-4-12-31-13-5-11-29-31)18-7-3-6-17(14-18)20-15-27-22-9-2-1-8-19(20)22/h1-3,5-9,11,14-16,27,29H,4,10,12-13H2,(H3,25,26,28,30). The van der Waals surface area contributed by atoms with Gasteiger partial charge in [-0.05, 0) is 29.7 Å². The van der Waals surface area contributed by atoms with Gasteiger partial charge in [0.05, 0.1) is 0 Å². The highest BCUT2D eigenvalue weighted by Crippen LogP contribution is 2.33. The predicted octanol–water partition coefficient (Wildman–Crippen LogP) is 4.01. The first-order valence-electron chi connectivity index (χ1n) is 10.5. The number of para-hydroxylation sites is 1. The molecule has 0 saturated carbocycles. The molecule has 0 saturated heterocycles. The zero-order valence-electron chi connectivity index (χ0n) is 17.2. The van der Waals surface area contributed by atoms with E-state index in [1.165, 1.54) is 10.9 Å². The lowest BCUT2D eigenvalue weighted by molar-refractivity contribution is 0.266. The van der Waals surface area contributed by atoms with Gasteiger partial charge in [0.2, 0.25) is 5.95 Å². The second kappa shape index (κ2) is 8.49. The average Bonchev–Trinajstić information content (AvgIpc) is 3.47. The molecule has 2 aromatic carbocycles. The second-order valence-corrected chi connectivity index (χ2v) is 7.58. The van der Waals surface area contributed by atoms with Gasteiger partial charge < -0.3 is 21.5 Å². The normalized spacial score (nSPS) is 13.5. The molecule has 3 heterocycles. The van der Waals surface area contributed by atoms with E-state index in [4.69, 9.17) is 5.73 Å². The van der Waals surface area contributed by atoms with Gasteiger partial charge in [-0.2, -0.15) is 4.98 Å². The maximum absolute atomic E-state index is 5.89. The van der Waals surface area contributed by atoms with Crippen molar-refractivity contribution in [3.63, 3.8) is 0 Å². The van der Waals surface area contributed by atoms with Gasteiger partial charge in [0.25, 0.3) is 0 Å². The zero-order valence-corrected chi connectivity index (χ0v) is 17.2. The molecule has 156 valence electrons. The van der Waals surface area contributed by atoms with Crippen LogP contribution in [0.2, 0.25) is 0 Å².